The van der Waals surface area contributed by atoms with Crippen LogP contribution in [0.1, 0.15) is 26.7 Å². The van der Waals surface area contributed by atoms with Gasteiger partial charge in [0.2, 0.25) is 0 Å². The van der Waals surface area contributed by atoms with Gasteiger partial charge in [-0.2, -0.15) is 0 Å². The first-order valence-electron chi connectivity index (χ1n) is 4.64. The van der Waals surface area contributed by atoms with Crippen molar-refractivity contribution in [2.75, 3.05) is 18.0 Å². The van der Waals surface area contributed by atoms with Gasteiger partial charge in [-0.05, 0) is 28.8 Å². The molecule has 0 aliphatic rings. The highest BCUT2D eigenvalue weighted by Crippen LogP contribution is 2.26. The van der Waals surface area contributed by atoms with Gasteiger partial charge < -0.3 is 4.90 Å². The summed E-state index contributed by atoms with van der Waals surface area (Å²) in [5, 5.41) is 1.13. The topological polar surface area (TPSA) is 16.1 Å². The van der Waals surface area contributed by atoms with Gasteiger partial charge in [-0.25, -0.2) is 4.98 Å². The molecule has 0 fully saturated rings. The van der Waals surface area contributed by atoms with Crippen LogP contribution in [0.3, 0.4) is 0 Å². The maximum Gasteiger partial charge on any atom is 0.186 e. The second kappa shape index (κ2) is 5.60. The molecule has 0 aromatic carbocycles. The van der Waals surface area contributed by atoms with E-state index < -0.39 is 0 Å². The molecule has 0 N–H and O–H groups in total. The molecule has 0 unspecified atom stereocenters. The zero-order chi connectivity index (χ0) is 9.68. The van der Waals surface area contributed by atoms with Crippen LogP contribution in [0.5, 0.6) is 0 Å². The Morgan fingerprint density at radius 2 is 2.00 bits per heavy atom. The molecule has 4 heteroatoms. The Kier molecular flexibility index (Phi) is 4.73. The van der Waals surface area contributed by atoms with Crippen molar-refractivity contribution in [3.63, 3.8) is 0 Å². The molecule has 0 atom stereocenters. The van der Waals surface area contributed by atoms with E-state index in [1.807, 2.05) is 6.20 Å². The van der Waals surface area contributed by atoms with Gasteiger partial charge in [0, 0.05) is 13.1 Å². The molecule has 1 heterocycles. The molecule has 0 radical (unpaired) electrons. The molecule has 2 nitrogen and oxygen atoms in total. The van der Waals surface area contributed by atoms with Crippen molar-refractivity contribution in [1.29, 1.82) is 0 Å². The molecular weight excluding hydrogens is 248 g/mol. The van der Waals surface area contributed by atoms with Gasteiger partial charge in [0.15, 0.2) is 5.13 Å². The average Bonchev–Trinajstić information content (AvgIpc) is 2.51. The van der Waals surface area contributed by atoms with Crippen molar-refractivity contribution < 1.29 is 0 Å². The fourth-order valence-corrected chi connectivity index (χ4v) is 2.47. The van der Waals surface area contributed by atoms with Crippen LogP contribution in [-0.2, 0) is 0 Å². The lowest BCUT2D eigenvalue weighted by molar-refractivity contribution is 0.742. The van der Waals surface area contributed by atoms with Crippen LogP contribution in [0.4, 0.5) is 5.13 Å². The summed E-state index contributed by atoms with van der Waals surface area (Å²) in [6.07, 6.45) is 4.23. The summed E-state index contributed by atoms with van der Waals surface area (Å²) >= 11 is 5.14. The fourth-order valence-electron chi connectivity index (χ4n) is 1.24. The Morgan fingerprint density at radius 3 is 2.38 bits per heavy atom. The van der Waals surface area contributed by atoms with Crippen LogP contribution >= 0.6 is 27.3 Å². The Balaban J connectivity index is 2.63. The molecular formula is C9H15BrN2S. The molecule has 0 saturated heterocycles. The minimum atomic E-state index is 1.10. The summed E-state index contributed by atoms with van der Waals surface area (Å²) in [6.45, 7) is 6.61. The molecule has 0 bridgehead atoms. The van der Waals surface area contributed by atoms with E-state index in [-0.39, 0.29) is 0 Å². The Bertz CT molecular complexity index is 244. The minimum absolute atomic E-state index is 1.10. The smallest absolute Gasteiger partial charge is 0.186 e. The van der Waals surface area contributed by atoms with Gasteiger partial charge in [0.25, 0.3) is 0 Å². The van der Waals surface area contributed by atoms with Gasteiger partial charge in [-0.3, -0.25) is 0 Å². The monoisotopic (exact) mass is 262 g/mol. The standard InChI is InChI=1S/C9H15BrN2S/c1-3-5-12(6-4-2)9-11-7-8(10)13-9/h7H,3-6H2,1-2H3. The predicted octanol–water partition coefficient (Wildman–Crippen LogP) is 3.53. The van der Waals surface area contributed by atoms with E-state index in [4.69, 9.17) is 0 Å². The first-order valence-corrected chi connectivity index (χ1v) is 6.25. The maximum atomic E-state index is 4.35. The summed E-state index contributed by atoms with van der Waals surface area (Å²) in [7, 11) is 0. The highest BCUT2D eigenvalue weighted by molar-refractivity contribution is 9.11. The Labute approximate surface area is 92.1 Å². The van der Waals surface area contributed by atoms with Crippen LogP contribution in [0, 0.1) is 0 Å². The van der Waals surface area contributed by atoms with E-state index in [0.29, 0.717) is 0 Å². The van der Waals surface area contributed by atoms with E-state index in [2.05, 4.69) is 39.7 Å². The molecule has 13 heavy (non-hydrogen) atoms. The van der Waals surface area contributed by atoms with Gasteiger partial charge in [0.1, 0.15) is 0 Å². The molecule has 74 valence electrons. The van der Waals surface area contributed by atoms with Crippen LogP contribution in [-0.4, -0.2) is 18.1 Å². The average molecular weight is 263 g/mol. The number of hydrogen-bond acceptors (Lipinski definition) is 3. The third-order valence-electron chi connectivity index (χ3n) is 1.72. The van der Waals surface area contributed by atoms with E-state index in [1.165, 1.54) is 12.8 Å². The van der Waals surface area contributed by atoms with Crippen LogP contribution in [0.2, 0.25) is 0 Å². The normalized spacial score (nSPS) is 10.4. The van der Waals surface area contributed by atoms with Crippen molar-refractivity contribution >= 4 is 32.4 Å². The summed E-state index contributed by atoms with van der Waals surface area (Å²) in [5.41, 5.74) is 0. The van der Waals surface area contributed by atoms with Crippen LogP contribution in [0.15, 0.2) is 9.98 Å². The first kappa shape index (κ1) is 11.0. The number of nitrogens with zero attached hydrogens (tertiary/aromatic N) is 2. The number of aromatic nitrogens is 1. The second-order valence-corrected chi connectivity index (χ2v) is 5.32. The lowest BCUT2D eigenvalue weighted by Gasteiger charge is -2.19. The molecule has 0 aliphatic carbocycles. The second-order valence-electron chi connectivity index (χ2n) is 2.93. The Hall–Kier alpha value is -0.0900. The van der Waals surface area contributed by atoms with Gasteiger partial charge in [0.05, 0.1) is 9.98 Å². The highest BCUT2D eigenvalue weighted by atomic mass is 79.9. The first-order chi connectivity index (χ1) is 6.27. The van der Waals surface area contributed by atoms with Crippen LogP contribution < -0.4 is 4.90 Å². The lowest BCUT2D eigenvalue weighted by atomic mass is 10.4. The van der Waals surface area contributed by atoms with Gasteiger partial charge >= 0.3 is 0 Å². The van der Waals surface area contributed by atoms with Crippen LogP contribution in [0.25, 0.3) is 0 Å². The minimum Gasteiger partial charge on any atom is -0.348 e. The molecule has 1 aromatic heterocycles. The quantitative estimate of drug-likeness (QED) is 0.807. The number of hydrogen-bond donors (Lipinski definition) is 0. The van der Waals surface area contributed by atoms with E-state index in [1.54, 1.807) is 11.3 Å². The summed E-state index contributed by atoms with van der Waals surface area (Å²) in [4.78, 5) is 6.69. The zero-order valence-electron chi connectivity index (χ0n) is 8.09. The van der Waals surface area contributed by atoms with Crippen molar-refractivity contribution in [1.82, 2.24) is 4.98 Å². The summed E-state index contributed by atoms with van der Waals surface area (Å²) in [6, 6.07) is 0. The number of anilines is 1. The van der Waals surface area contributed by atoms with E-state index >= 15 is 0 Å². The largest absolute Gasteiger partial charge is 0.348 e. The fraction of sp³-hybridized carbons (Fsp3) is 0.667. The van der Waals surface area contributed by atoms with Crippen molar-refractivity contribution in [3.8, 4) is 0 Å². The predicted molar refractivity (Wildman–Crippen MR) is 62.6 cm³/mol. The maximum absolute atomic E-state index is 4.35. The van der Waals surface area contributed by atoms with Gasteiger partial charge in [-0.15, -0.1) is 0 Å². The number of rotatable bonds is 5. The zero-order valence-corrected chi connectivity index (χ0v) is 10.5. The van der Waals surface area contributed by atoms with E-state index in [9.17, 15) is 0 Å². The van der Waals surface area contributed by atoms with Crippen molar-refractivity contribution in [2.24, 2.45) is 0 Å². The molecule has 0 saturated carbocycles. The van der Waals surface area contributed by atoms with Gasteiger partial charge in [-0.1, -0.05) is 25.2 Å². The summed E-state index contributed by atoms with van der Waals surface area (Å²) in [5.74, 6) is 0. The SMILES string of the molecule is CCCN(CCC)c1ncc(Br)s1. The molecule has 1 rings (SSSR count). The number of thiazole rings is 1. The van der Waals surface area contributed by atoms with Crippen molar-refractivity contribution in [2.45, 2.75) is 26.7 Å². The highest BCUT2D eigenvalue weighted by Gasteiger charge is 2.07. The molecule has 0 spiro atoms. The molecule has 1 aromatic rings. The third kappa shape index (κ3) is 3.27. The summed E-state index contributed by atoms with van der Waals surface area (Å²) < 4.78 is 1.11. The van der Waals surface area contributed by atoms with E-state index in [0.717, 1.165) is 22.0 Å². The molecule has 0 amide bonds. The molecule has 0 aliphatic heterocycles. The van der Waals surface area contributed by atoms with Crippen molar-refractivity contribution in [3.05, 3.63) is 9.98 Å². The lowest BCUT2D eigenvalue weighted by Crippen LogP contribution is -2.24. The third-order valence-corrected chi connectivity index (χ3v) is 3.26. The number of halogens is 1. The Morgan fingerprint density at radius 1 is 1.38 bits per heavy atom.